The molecule has 1 aromatic heterocycles. The van der Waals surface area contributed by atoms with Crippen LogP contribution in [0.1, 0.15) is 17.1 Å². The minimum absolute atomic E-state index is 0.121. The van der Waals surface area contributed by atoms with E-state index in [0.29, 0.717) is 36.8 Å². The number of hydrogen-bond acceptors (Lipinski definition) is 4. The molecule has 0 aliphatic carbocycles. The van der Waals surface area contributed by atoms with Gasteiger partial charge >= 0.3 is 0 Å². The number of aromatic amines is 1. The maximum Gasteiger partial charge on any atom is 0.256 e. The van der Waals surface area contributed by atoms with Crippen LogP contribution in [0.25, 0.3) is 0 Å². The Balaban J connectivity index is 1.76. The molecular formula is C14H13FN2O2S. The summed E-state index contributed by atoms with van der Waals surface area (Å²) < 4.78 is 18.1. The van der Waals surface area contributed by atoms with Crippen molar-refractivity contribution in [1.29, 1.82) is 0 Å². The number of hydrogen-bond donors (Lipinski definition) is 1. The van der Waals surface area contributed by atoms with Gasteiger partial charge in [-0.15, -0.1) is 11.8 Å². The van der Waals surface area contributed by atoms with Crippen molar-refractivity contribution < 1.29 is 9.13 Å². The van der Waals surface area contributed by atoms with Gasteiger partial charge in [0.1, 0.15) is 11.6 Å². The molecule has 104 valence electrons. The van der Waals surface area contributed by atoms with E-state index in [2.05, 4.69) is 9.97 Å². The summed E-state index contributed by atoms with van der Waals surface area (Å²) >= 11 is 1.51. The highest BCUT2D eigenvalue weighted by atomic mass is 32.2. The van der Waals surface area contributed by atoms with Crippen molar-refractivity contribution in [1.82, 2.24) is 9.97 Å². The first-order valence-corrected chi connectivity index (χ1v) is 7.28. The maximum absolute atomic E-state index is 12.8. The molecule has 6 heteroatoms. The monoisotopic (exact) mass is 292 g/mol. The van der Waals surface area contributed by atoms with Crippen LogP contribution in [0.4, 0.5) is 4.39 Å². The Bertz CT molecular complexity index is 670. The van der Waals surface area contributed by atoms with Crippen LogP contribution in [0.2, 0.25) is 0 Å². The smallest absolute Gasteiger partial charge is 0.256 e. The maximum atomic E-state index is 12.8. The van der Waals surface area contributed by atoms with Crippen molar-refractivity contribution >= 4 is 11.8 Å². The van der Waals surface area contributed by atoms with Crippen LogP contribution in [-0.2, 0) is 23.5 Å². The first-order valence-electron chi connectivity index (χ1n) is 6.29. The minimum Gasteiger partial charge on any atom is -0.376 e. The molecule has 0 bridgehead atoms. The highest BCUT2D eigenvalue weighted by Crippen LogP contribution is 2.21. The SMILES string of the molecule is O=c1[nH]c(CSc2ccc(F)cc2)nc2c1COCC2. The van der Waals surface area contributed by atoms with E-state index in [9.17, 15) is 9.18 Å². The molecule has 3 rings (SSSR count). The van der Waals surface area contributed by atoms with Crippen LogP contribution < -0.4 is 5.56 Å². The van der Waals surface area contributed by atoms with Crippen molar-refractivity contribution in [3.63, 3.8) is 0 Å². The molecule has 2 aromatic rings. The number of nitrogens with zero attached hydrogens (tertiary/aromatic N) is 1. The number of nitrogens with one attached hydrogen (secondary N) is 1. The fourth-order valence-electron chi connectivity index (χ4n) is 2.05. The predicted octanol–water partition coefficient (Wildman–Crippen LogP) is 2.27. The molecule has 0 fully saturated rings. The van der Waals surface area contributed by atoms with Crippen LogP contribution in [0, 0.1) is 5.82 Å². The quantitative estimate of drug-likeness (QED) is 0.882. The number of halogens is 1. The van der Waals surface area contributed by atoms with Crippen molar-refractivity contribution in [3.05, 3.63) is 57.5 Å². The van der Waals surface area contributed by atoms with E-state index in [1.54, 1.807) is 12.1 Å². The van der Waals surface area contributed by atoms with E-state index < -0.39 is 0 Å². The Morgan fingerprint density at radius 2 is 2.15 bits per heavy atom. The second-order valence-electron chi connectivity index (χ2n) is 4.48. The molecule has 0 radical (unpaired) electrons. The fraction of sp³-hybridized carbons (Fsp3) is 0.286. The number of aromatic nitrogens is 2. The number of thioether (sulfide) groups is 1. The molecule has 1 aromatic carbocycles. The number of benzene rings is 1. The van der Waals surface area contributed by atoms with Gasteiger partial charge in [-0.1, -0.05) is 0 Å². The van der Waals surface area contributed by atoms with E-state index in [0.717, 1.165) is 10.6 Å². The van der Waals surface area contributed by atoms with Gasteiger partial charge in [-0.25, -0.2) is 9.37 Å². The molecule has 2 heterocycles. The summed E-state index contributed by atoms with van der Waals surface area (Å²) in [6.45, 7) is 0.942. The summed E-state index contributed by atoms with van der Waals surface area (Å²) in [5.41, 5.74) is 1.34. The number of rotatable bonds is 3. The molecular weight excluding hydrogens is 279 g/mol. The van der Waals surface area contributed by atoms with Crippen LogP contribution in [0.5, 0.6) is 0 Å². The molecule has 1 aliphatic rings. The summed E-state index contributed by atoms with van der Waals surface area (Å²) in [5, 5.41) is 0. The Morgan fingerprint density at radius 3 is 2.95 bits per heavy atom. The molecule has 20 heavy (non-hydrogen) atoms. The van der Waals surface area contributed by atoms with Crippen molar-refractivity contribution in [2.75, 3.05) is 6.61 Å². The predicted molar refractivity (Wildman–Crippen MR) is 74.2 cm³/mol. The summed E-state index contributed by atoms with van der Waals surface area (Å²) in [6.07, 6.45) is 0.674. The third-order valence-corrected chi connectivity index (χ3v) is 4.09. The molecule has 0 saturated carbocycles. The van der Waals surface area contributed by atoms with Crippen molar-refractivity contribution in [3.8, 4) is 0 Å². The molecule has 1 aliphatic heterocycles. The van der Waals surface area contributed by atoms with Gasteiger partial charge in [-0.3, -0.25) is 4.79 Å². The average molecular weight is 292 g/mol. The fourth-order valence-corrected chi connectivity index (χ4v) is 2.81. The standard InChI is InChI=1S/C14H13FN2O2S/c15-9-1-3-10(4-2-9)20-8-13-16-12-5-6-19-7-11(12)14(18)17-13/h1-4H,5-8H2,(H,16,17,18). The summed E-state index contributed by atoms with van der Waals surface area (Å²) in [4.78, 5) is 20.1. The molecule has 1 N–H and O–H groups in total. The summed E-state index contributed by atoms with van der Waals surface area (Å²) in [5.74, 6) is 0.939. The van der Waals surface area contributed by atoms with Gasteiger partial charge < -0.3 is 9.72 Å². The molecule has 4 nitrogen and oxygen atoms in total. The summed E-state index contributed by atoms with van der Waals surface area (Å²) in [7, 11) is 0. The van der Waals surface area contributed by atoms with Crippen LogP contribution in [0.15, 0.2) is 34.0 Å². The first-order chi connectivity index (χ1) is 9.72. The van der Waals surface area contributed by atoms with Gasteiger partial charge in [0.15, 0.2) is 0 Å². The molecule has 0 unspecified atom stereocenters. The summed E-state index contributed by atoms with van der Waals surface area (Å²) in [6, 6.07) is 6.26. The molecule has 0 amide bonds. The topological polar surface area (TPSA) is 55.0 Å². The van der Waals surface area contributed by atoms with Gasteiger partial charge in [-0.05, 0) is 24.3 Å². The Kier molecular flexibility index (Phi) is 3.84. The zero-order chi connectivity index (χ0) is 13.9. The van der Waals surface area contributed by atoms with Gasteiger partial charge in [0.05, 0.1) is 30.2 Å². The Morgan fingerprint density at radius 1 is 1.35 bits per heavy atom. The highest BCUT2D eigenvalue weighted by molar-refractivity contribution is 7.98. The molecule has 0 spiro atoms. The van der Waals surface area contributed by atoms with Crippen molar-refractivity contribution in [2.45, 2.75) is 23.7 Å². The van der Waals surface area contributed by atoms with Crippen molar-refractivity contribution in [2.24, 2.45) is 0 Å². The van der Waals surface area contributed by atoms with Gasteiger partial charge in [0.25, 0.3) is 5.56 Å². The van der Waals surface area contributed by atoms with Crippen LogP contribution >= 0.6 is 11.8 Å². The molecule has 0 atom stereocenters. The lowest BCUT2D eigenvalue weighted by Gasteiger charge is -2.15. The third-order valence-electron chi connectivity index (χ3n) is 3.07. The lowest BCUT2D eigenvalue weighted by molar-refractivity contribution is 0.108. The minimum atomic E-state index is -0.255. The third kappa shape index (κ3) is 2.91. The van der Waals surface area contributed by atoms with Gasteiger partial charge in [0.2, 0.25) is 0 Å². The van der Waals surface area contributed by atoms with E-state index in [-0.39, 0.29) is 11.4 Å². The number of H-pyrrole nitrogens is 1. The zero-order valence-corrected chi connectivity index (χ0v) is 11.5. The second kappa shape index (κ2) is 5.76. The normalized spacial score (nSPS) is 14.1. The van der Waals surface area contributed by atoms with Crippen LogP contribution in [0.3, 0.4) is 0 Å². The van der Waals surface area contributed by atoms with Gasteiger partial charge in [0, 0.05) is 11.3 Å². The van der Waals surface area contributed by atoms with Crippen LogP contribution in [-0.4, -0.2) is 16.6 Å². The molecule has 0 saturated heterocycles. The largest absolute Gasteiger partial charge is 0.376 e. The Hall–Kier alpha value is -1.66. The number of fused-ring (bicyclic) bond motifs is 1. The van der Waals surface area contributed by atoms with Gasteiger partial charge in [-0.2, -0.15) is 0 Å². The lowest BCUT2D eigenvalue weighted by Crippen LogP contribution is -2.25. The zero-order valence-electron chi connectivity index (χ0n) is 10.7. The second-order valence-corrected chi connectivity index (χ2v) is 5.53. The first kappa shape index (κ1) is 13.3. The van der Waals surface area contributed by atoms with E-state index in [1.807, 2.05) is 0 Å². The Labute approximate surface area is 119 Å². The highest BCUT2D eigenvalue weighted by Gasteiger charge is 2.15. The lowest BCUT2D eigenvalue weighted by atomic mass is 10.1. The van der Waals surface area contributed by atoms with E-state index in [4.69, 9.17) is 4.74 Å². The number of ether oxygens (including phenoxy) is 1. The average Bonchev–Trinajstić information content (AvgIpc) is 2.47. The van der Waals surface area contributed by atoms with E-state index in [1.165, 1.54) is 23.9 Å². The van der Waals surface area contributed by atoms with E-state index >= 15 is 0 Å².